The average molecular weight is 483 g/mol. The van der Waals surface area contributed by atoms with Crippen molar-refractivity contribution in [3.63, 3.8) is 0 Å². The molecule has 0 heterocycles. The van der Waals surface area contributed by atoms with Gasteiger partial charge in [-0.05, 0) is 79.4 Å². The van der Waals surface area contributed by atoms with Gasteiger partial charge in [-0.1, -0.05) is 62.4 Å². The maximum atomic E-state index is 13.1. The summed E-state index contributed by atoms with van der Waals surface area (Å²) in [5.74, 6) is -0.182. The van der Waals surface area contributed by atoms with Gasteiger partial charge in [-0.15, -0.1) is 0 Å². The molecule has 0 unspecified atom stereocenters. The zero-order valence-corrected chi connectivity index (χ0v) is 21.3. The normalized spacial score (nSPS) is 15.3. The highest BCUT2D eigenvalue weighted by atomic mass is 32.1. The number of thiol groups is 1. The fourth-order valence-electron chi connectivity index (χ4n) is 4.88. The van der Waals surface area contributed by atoms with Crippen LogP contribution in [0.2, 0.25) is 0 Å². The van der Waals surface area contributed by atoms with Crippen LogP contribution in [-0.2, 0) is 11.3 Å². The number of carboxylic acid groups (broad SMARTS) is 1. The van der Waals surface area contributed by atoms with Crippen molar-refractivity contribution >= 4 is 24.5 Å². The van der Waals surface area contributed by atoms with Crippen molar-refractivity contribution in [2.24, 2.45) is 5.92 Å². The Morgan fingerprint density at radius 3 is 2.53 bits per heavy atom. The van der Waals surface area contributed by atoms with Crippen molar-refractivity contribution < 1.29 is 14.7 Å². The van der Waals surface area contributed by atoms with Gasteiger partial charge >= 0.3 is 5.97 Å². The highest BCUT2D eigenvalue weighted by Crippen LogP contribution is 2.29. The number of amides is 1. The van der Waals surface area contributed by atoms with E-state index in [-0.39, 0.29) is 12.3 Å². The lowest BCUT2D eigenvalue weighted by Gasteiger charge is -2.25. The van der Waals surface area contributed by atoms with E-state index in [2.05, 4.69) is 36.0 Å². The number of hydrogen-bond donors (Lipinski definition) is 3. The molecule has 0 spiro atoms. The Kier molecular flexibility index (Phi) is 10.0. The van der Waals surface area contributed by atoms with Gasteiger partial charge in [-0.3, -0.25) is 4.79 Å². The van der Waals surface area contributed by atoms with Gasteiger partial charge in [-0.2, -0.15) is 12.6 Å². The molecule has 2 aromatic carbocycles. The Balaban J connectivity index is 1.80. The third kappa shape index (κ3) is 7.34. The summed E-state index contributed by atoms with van der Waals surface area (Å²) < 4.78 is 0. The van der Waals surface area contributed by atoms with E-state index in [0.717, 1.165) is 41.3 Å². The van der Waals surface area contributed by atoms with Gasteiger partial charge in [0.2, 0.25) is 0 Å². The predicted octanol–water partition coefficient (Wildman–Crippen LogP) is 5.57. The van der Waals surface area contributed by atoms with Gasteiger partial charge in [0, 0.05) is 12.1 Å². The number of carbonyl (C=O) groups is 2. The summed E-state index contributed by atoms with van der Waals surface area (Å²) in [7, 11) is 2.16. The van der Waals surface area contributed by atoms with Gasteiger partial charge < -0.3 is 15.3 Å². The second kappa shape index (κ2) is 13.0. The number of hydrogen-bond acceptors (Lipinski definition) is 4. The molecule has 184 valence electrons. The van der Waals surface area contributed by atoms with E-state index in [1.165, 1.54) is 38.5 Å². The summed E-state index contributed by atoms with van der Waals surface area (Å²) in [6.45, 7) is 3.91. The van der Waals surface area contributed by atoms with Crippen molar-refractivity contribution in [1.82, 2.24) is 10.2 Å². The Morgan fingerprint density at radius 1 is 1.12 bits per heavy atom. The summed E-state index contributed by atoms with van der Waals surface area (Å²) in [6.07, 6.45) is 8.36. The van der Waals surface area contributed by atoms with Crippen LogP contribution >= 0.6 is 12.6 Å². The minimum Gasteiger partial charge on any atom is -0.480 e. The van der Waals surface area contributed by atoms with E-state index in [0.29, 0.717) is 11.3 Å². The largest absolute Gasteiger partial charge is 0.480 e. The first-order valence-electron chi connectivity index (χ1n) is 12.4. The van der Waals surface area contributed by atoms with Gasteiger partial charge in [0.05, 0.1) is 0 Å². The van der Waals surface area contributed by atoms with Crippen LogP contribution in [0.15, 0.2) is 42.5 Å². The van der Waals surface area contributed by atoms with Crippen molar-refractivity contribution in [2.45, 2.75) is 64.5 Å². The fourth-order valence-corrected chi connectivity index (χ4v) is 5.14. The minimum absolute atomic E-state index is 0.272. The molecule has 5 nitrogen and oxygen atoms in total. The molecule has 1 fully saturated rings. The van der Waals surface area contributed by atoms with Crippen molar-refractivity contribution in [3.8, 4) is 11.1 Å². The van der Waals surface area contributed by atoms with Gasteiger partial charge in [0.15, 0.2) is 0 Å². The number of benzene rings is 2. The first-order chi connectivity index (χ1) is 16.4. The van der Waals surface area contributed by atoms with E-state index in [9.17, 15) is 14.7 Å². The molecule has 1 saturated carbocycles. The van der Waals surface area contributed by atoms with Crippen molar-refractivity contribution in [2.75, 3.05) is 19.3 Å². The van der Waals surface area contributed by atoms with Crippen LogP contribution in [0, 0.1) is 12.8 Å². The number of carbonyl (C=O) groups excluding carboxylic acids is 1. The maximum absolute atomic E-state index is 13.1. The second-order valence-corrected chi connectivity index (χ2v) is 10.0. The van der Waals surface area contributed by atoms with Crippen LogP contribution in [0.1, 0.15) is 66.4 Å². The smallest absolute Gasteiger partial charge is 0.326 e. The molecule has 2 aromatic rings. The molecule has 0 bridgehead atoms. The lowest BCUT2D eigenvalue weighted by atomic mass is 9.87. The molecule has 0 aliphatic heterocycles. The summed E-state index contributed by atoms with van der Waals surface area (Å²) in [5.41, 5.74) is 4.54. The molecule has 2 N–H and O–H groups in total. The highest BCUT2D eigenvalue weighted by Gasteiger charge is 2.22. The number of aliphatic carboxylic acids is 1. The highest BCUT2D eigenvalue weighted by molar-refractivity contribution is 7.80. The molecule has 1 aliphatic carbocycles. The monoisotopic (exact) mass is 482 g/mol. The molecular formula is C28H38N2O3S. The topological polar surface area (TPSA) is 69.6 Å². The van der Waals surface area contributed by atoms with E-state index in [1.54, 1.807) is 0 Å². The molecule has 1 amide bonds. The molecule has 34 heavy (non-hydrogen) atoms. The van der Waals surface area contributed by atoms with Crippen LogP contribution in [-0.4, -0.2) is 47.3 Å². The van der Waals surface area contributed by atoms with Gasteiger partial charge in [-0.25, -0.2) is 4.79 Å². The molecule has 0 aromatic heterocycles. The Bertz CT molecular complexity index is 972. The van der Waals surface area contributed by atoms with Crippen LogP contribution < -0.4 is 5.32 Å². The van der Waals surface area contributed by atoms with Crippen molar-refractivity contribution in [1.29, 1.82) is 0 Å². The van der Waals surface area contributed by atoms with E-state index in [1.807, 2.05) is 43.3 Å². The van der Waals surface area contributed by atoms with Crippen molar-refractivity contribution in [3.05, 3.63) is 59.2 Å². The summed E-state index contributed by atoms with van der Waals surface area (Å²) >= 11 is 4.13. The third-order valence-corrected chi connectivity index (χ3v) is 7.14. The zero-order valence-electron chi connectivity index (χ0n) is 20.4. The molecule has 1 atom stereocenters. The standard InChI is InChI=1S/C28H38N2O3S/c1-20-8-6-7-11-23(20)25-18-22(19-30(2)16-14-21-9-4-3-5-10-21)12-13-24(25)27(31)29-26(15-17-34)28(32)33/h6-8,11-13,18,21,26,34H,3-5,9-10,14-17,19H2,1-2H3,(H,29,31)(H,32,33)/t26-/m1/s1. The van der Waals surface area contributed by atoms with Crippen LogP contribution in [0.4, 0.5) is 0 Å². The van der Waals surface area contributed by atoms with E-state index < -0.39 is 12.0 Å². The van der Waals surface area contributed by atoms with Gasteiger partial charge in [0.1, 0.15) is 6.04 Å². The number of nitrogens with one attached hydrogen (secondary N) is 1. The molecule has 3 rings (SSSR count). The van der Waals surface area contributed by atoms with E-state index in [4.69, 9.17) is 0 Å². The Labute approximate surface area is 209 Å². The lowest BCUT2D eigenvalue weighted by molar-refractivity contribution is -0.139. The molecular weight excluding hydrogens is 444 g/mol. The number of nitrogens with zero attached hydrogens (tertiary/aromatic N) is 1. The second-order valence-electron chi connectivity index (χ2n) is 9.60. The number of carboxylic acids is 1. The quantitative estimate of drug-likeness (QED) is 0.366. The number of aryl methyl sites for hydroxylation is 1. The molecule has 0 radical (unpaired) electrons. The average Bonchev–Trinajstić information content (AvgIpc) is 2.83. The van der Waals surface area contributed by atoms with Crippen LogP contribution in [0.3, 0.4) is 0 Å². The summed E-state index contributed by atoms with van der Waals surface area (Å²) in [4.78, 5) is 27.1. The minimum atomic E-state index is -1.05. The van der Waals surface area contributed by atoms with Crippen LogP contribution in [0.5, 0.6) is 0 Å². The predicted molar refractivity (Wildman–Crippen MR) is 142 cm³/mol. The summed E-state index contributed by atoms with van der Waals surface area (Å²) in [6, 6.07) is 12.9. The van der Waals surface area contributed by atoms with Gasteiger partial charge in [0.25, 0.3) is 5.91 Å². The third-order valence-electron chi connectivity index (χ3n) is 6.88. The fraction of sp³-hybridized carbons (Fsp3) is 0.500. The first-order valence-corrected chi connectivity index (χ1v) is 13.0. The zero-order chi connectivity index (χ0) is 24.5. The maximum Gasteiger partial charge on any atom is 0.326 e. The summed E-state index contributed by atoms with van der Waals surface area (Å²) in [5, 5.41) is 12.1. The molecule has 0 saturated heterocycles. The SMILES string of the molecule is Cc1ccccc1-c1cc(CN(C)CCC2CCCCC2)ccc1C(=O)N[C@H](CCS)C(=O)O. The Morgan fingerprint density at radius 2 is 1.85 bits per heavy atom. The first kappa shape index (κ1) is 26.3. The lowest BCUT2D eigenvalue weighted by Crippen LogP contribution is -2.41. The molecule has 1 aliphatic rings. The van der Waals surface area contributed by atoms with E-state index >= 15 is 0 Å². The molecule has 6 heteroatoms. The Hall–Kier alpha value is -2.31. The van der Waals surface area contributed by atoms with Crippen LogP contribution in [0.25, 0.3) is 11.1 Å². The number of rotatable bonds is 11.